The minimum Gasteiger partial charge on any atom is -0.455 e. The molecule has 0 saturated heterocycles. The molecule has 0 aliphatic heterocycles. The molecule has 0 spiro atoms. The van der Waals surface area contributed by atoms with Gasteiger partial charge in [0.2, 0.25) is 0 Å². The highest BCUT2D eigenvalue weighted by Gasteiger charge is 1.98. The van der Waals surface area contributed by atoms with E-state index >= 15 is 0 Å². The summed E-state index contributed by atoms with van der Waals surface area (Å²) in [6.07, 6.45) is 0. The summed E-state index contributed by atoms with van der Waals surface area (Å²) in [6, 6.07) is 17.0. The first-order valence-corrected chi connectivity index (χ1v) is 6.53. The number of nitrogen functional groups attached to an aromatic ring is 1. The van der Waals surface area contributed by atoms with E-state index in [0.717, 1.165) is 5.75 Å². The third-order valence-corrected chi connectivity index (χ3v) is 1.89. The highest BCUT2D eigenvalue weighted by molar-refractivity contribution is 7.79. The fourth-order valence-electron chi connectivity index (χ4n) is 1.19. The minimum atomic E-state index is -4.67. The summed E-state index contributed by atoms with van der Waals surface area (Å²) in [4.78, 5) is 0. The Labute approximate surface area is 111 Å². The molecule has 0 aliphatic carbocycles. The maximum Gasteiger partial charge on any atom is 0.394 e. The third kappa shape index (κ3) is 7.04. The molecule has 6 nitrogen and oxygen atoms in total. The Bertz CT molecular complexity index is 605. The van der Waals surface area contributed by atoms with Crippen molar-refractivity contribution in [1.29, 1.82) is 0 Å². The van der Waals surface area contributed by atoms with Crippen LogP contribution in [0.3, 0.4) is 0 Å². The fraction of sp³-hybridized carbons (Fsp3) is 0. The van der Waals surface area contributed by atoms with Crippen molar-refractivity contribution in [3.05, 3.63) is 54.6 Å². The normalized spacial score (nSPS) is 10.2. The molecule has 0 fully saturated rings. The van der Waals surface area contributed by atoms with Gasteiger partial charge in [-0.2, -0.15) is 8.42 Å². The second-order valence-corrected chi connectivity index (χ2v) is 4.30. The van der Waals surface area contributed by atoms with Gasteiger partial charge < -0.3 is 10.5 Å². The molecule has 19 heavy (non-hydrogen) atoms. The molecule has 4 N–H and O–H groups in total. The molecule has 102 valence electrons. The highest BCUT2D eigenvalue weighted by Crippen LogP contribution is 2.26. The summed E-state index contributed by atoms with van der Waals surface area (Å²) in [6.45, 7) is 0. The van der Waals surface area contributed by atoms with E-state index < -0.39 is 10.4 Å². The molecule has 0 atom stereocenters. The van der Waals surface area contributed by atoms with Crippen LogP contribution in [0.2, 0.25) is 0 Å². The van der Waals surface area contributed by atoms with Crippen LogP contribution in [0.25, 0.3) is 0 Å². The number of anilines is 1. The molecule has 0 aliphatic rings. The molecular formula is C12H13NO5S. The van der Waals surface area contributed by atoms with Gasteiger partial charge in [-0.25, -0.2) is 0 Å². The molecule has 0 bridgehead atoms. The zero-order valence-electron chi connectivity index (χ0n) is 9.80. The SMILES string of the molecule is Nc1ccccc1Oc1ccccc1.O=S(=O)(O)O. The second-order valence-electron chi connectivity index (χ2n) is 3.40. The van der Waals surface area contributed by atoms with Crippen molar-refractivity contribution in [2.75, 3.05) is 5.73 Å². The van der Waals surface area contributed by atoms with Gasteiger partial charge in [0.1, 0.15) is 11.5 Å². The van der Waals surface area contributed by atoms with Gasteiger partial charge in [0.25, 0.3) is 0 Å². The summed E-state index contributed by atoms with van der Waals surface area (Å²) in [5, 5.41) is 0. The van der Waals surface area contributed by atoms with Crippen molar-refractivity contribution < 1.29 is 22.3 Å². The lowest BCUT2D eigenvalue weighted by Crippen LogP contribution is -1.90. The van der Waals surface area contributed by atoms with Crippen molar-refractivity contribution in [2.24, 2.45) is 0 Å². The van der Waals surface area contributed by atoms with Crippen LogP contribution < -0.4 is 10.5 Å². The van der Waals surface area contributed by atoms with E-state index in [1.807, 2.05) is 54.6 Å². The Morgan fingerprint density at radius 3 is 1.89 bits per heavy atom. The number of ether oxygens (including phenoxy) is 1. The van der Waals surface area contributed by atoms with E-state index in [4.69, 9.17) is 28.0 Å². The number of rotatable bonds is 2. The Morgan fingerprint density at radius 2 is 1.37 bits per heavy atom. The van der Waals surface area contributed by atoms with Crippen molar-refractivity contribution in [3.8, 4) is 11.5 Å². The van der Waals surface area contributed by atoms with Crippen LogP contribution in [0.1, 0.15) is 0 Å². The van der Waals surface area contributed by atoms with E-state index in [0.29, 0.717) is 11.4 Å². The molecule has 0 aromatic heterocycles. The zero-order valence-corrected chi connectivity index (χ0v) is 10.6. The minimum absolute atomic E-state index is 0.649. The summed E-state index contributed by atoms with van der Waals surface area (Å²) >= 11 is 0. The van der Waals surface area contributed by atoms with Crippen molar-refractivity contribution >= 4 is 16.1 Å². The summed E-state index contributed by atoms with van der Waals surface area (Å²) in [5.41, 5.74) is 6.39. The van der Waals surface area contributed by atoms with E-state index in [1.165, 1.54) is 0 Å². The first-order valence-electron chi connectivity index (χ1n) is 5.13. The second kappa shape index (κ2) is 6.74. The van der Waals surface area contributed by atoms with Crippen molar-refractivity contribution in [2.45, 2.75) is 0 Å². The van der Waals surface area contributed by atoms with Crippen LogP contribution in [-0.4, -0.2) is 17.5 Å². The fourth-order valence-corrected chi connectivity index (χ4v) is 1.19. The summed E-state index contributed by atoms with van der Waals surface area (Å²) in [5.74, 6) is 1.49. The van der Waals surface area contributed by atoms with Gasteiger partial charge in [-0.15, -0.1) is 0 Å². The maximum absolute atomic E-state index is 8.74. The standard InChI is InChI=1S/C12H11NO.H2O4S/c13-11-8-4-5-9-12(11)14-10-6-2-1-3-7-10;1-5(2,3)4/h1-9H,13H2;(H2,1,2,3,4). The van der Waals surface area contributed by atoms with Gasteiger partial charge in [-0.1, -0.05) is 30.3 Å². The number of benzene rings is 2. The predicted molar refractivity (Wildman–Crippen MR) is 71.5 cm³/mol. The van der Waals surface area contributed by atoms with Crippen LogP contribution in [0.15, 0.2) is 54.6 Å². The molecule has 2 aromatic rings. The molecule has 0 amide bonds. The Morgan fingerprint density at radius 1 is 0.895 bits per heavy atom. The molecule has 0 radical (unpaired) electrons. The van der Waals surface area contributed by atoms with Gasteiger partial charge >= 0.3 is 10.4 Å². The summed E-state index contributed by atoms with van der Waals surface area (Å²) in [7, 11) is -4.67. The Hall–Kier alpha value is -2.09. The van der Waals surface area contributed by atoms with E-state index in [1.54, 1.807) is 0 Å². The maximum atomic E-state index is 8.74. The van der Waals surface area contributed by atoms with Gasteiger partial charge in [0.15, 0.2) is 0 Å². The largest absolute Gasteiger partial charge is 0.455 e. The van der Waals surface area contributed by atoms with Crippen molar-refractivity contribution in [1.82, 2.24) is 0 Å². The lowest BCUT2D eigenvalue weighted by Gasteiger charge is -2.07. The molecule has 7 heteroatoms. The number of para-hydroxylation sites is 3. The lowest BCUT2D eigenvalue weighted by molar-refractivity contribution is 0.381. The highest BCUT2D eigenvalue weighted by atomic mass is 32.3. The van der Waals surface area contributed by atoms with Gasteiger partial charge in [-0.3, -0.25) is 9.11 Å². The molecule has 0 saturated carbocycles. The molecule has 0 unspecified atom stereocenters. The van der Waals surface area contributed by atoms with Crippen LogP contribution in [0, 0.1) is 0 Å². The molecule has 2 rings (SSSR count). The van der Waals surface area contributed by atoms with E-state index in [9.17, 15) is 0 Å². The van der Waals surface area contributed by atoms with Crippen LogP contribution in [0.4, 0.5) is 5.69 Å². The molecule has 2 aromatic carbocycles. The van der Waals surface area contributed by atoms with Crippen LogP contribution >= 0.6 is 0 Å². The van der Waals surface area contributed by atoms with E-state index in [2.05, 4.69) is 0 Å². The Kier molecular flexibility index (Phi) is 5.31. The molecule has 0 heterocycles. The monoisotopic (exact) mass is 283 g/mol. The first kappa shape index (κ1) is 15.0. The van der Waals surface area contributed by atoms with Gasteiger partial charge in [0.05, 0.1) is 5.69 Å². The molecular weight excluding hydrogens is 270 g/mol. The van der Waals surface area contributed by atoms with Gasteiger partial charge in [0, 0.05) is 0 Å². The predicted octanol–water partition coefficient (Wildman–Crippen LogP) is 2.41. The number of hydrogen-bond donors (Lipinski definition) is 3. The summed E-state index contributed by atoms with van der Waals surface area (Å²) < 4.78 is 37.2. The first-order chi connectivity index (χ1) is 8.86. The Balaban J connectivity index is 0.000000312. The topological polar surface area (TPSA) is 110 Å². The zero-order chi connectivity index (χ0) is 14.3. The van der Waals surface area contributed by atoms with Gasteiger partial charge in [-0.05, 0) is 24.3 Å². The smallest absolute Gasteiger partial charge is 0.394 e. The van der Waals surface area contributed by atoms with Crippen molar-refractivity contribution in [3.63, 3.8) is 0 Å². The average Bonchev–Trinajstić information content (AvgIpc) is 2.31. The van der Waals surface area contributed by atoms with Crippen LogP contribution in [-0.2, 0) is 10.4 Å². The van der Waals surface area contributed by atoms with E-state index in [-0.39, 0.29) is 0 Å². The lowest BCUT2D eigenvalue weighted by atomic mass is 10.3. The quantitative estimate of drug-likeness (QED) is 0.576. The van der Waals surface area contributed by atoms with Crippen LogP contribution in [0.5, 0.6) is 11.5 Å². The number of hydrogen-bond acceptors (Lipinski definition) is 4. The third-order valence-electron chi connectivity index (χ3n) is 1.89. The average molecular weight is 283 g/mol. The number of nitrogens with two attached hydrogens (primary N) is 1.